The van der Waals surface area contributed by atoms with Crippen LogP contribution in [0.2, 0.25) is 0 Å². The summed E-state index contributed by atoms with van der Waals surface area (Å²) in [6.07, 6.45) is 2.71. The monoisotopic (exact) mass is 451 g/mol. The highest BCUT2D eigenvalue weighted by Crippen LogP contribution is 2.19. The van der Waals surface area contributed by atoms with E-state index in [-0.39, 0.29) is 36.1 Å². The van der Waals surface area contributed by atoms with Gasteiger partial charge in [0.05, 0.1) is 22.7 Å². The van der Waals surface area contributed by atoms with Crippen molar-refractivity contribution < 1.29 is 22.7 Å². The highest BCUT2D eigenvalue weighted by atomic mass is 32.2. The van der Waals surface area contributed by atoms with Crippen LogP contribution in [-0.4, -0.2) is 60.8 Å². The average molecular weight is 452 g/mol. The van der Waals surface area contributed by atoms with Crippen LogP contribution in [0.4, 0.5) is 0 Å². The first kappa shape index (κ1) is 25.5. The molecule has 1 aliphatic heterocycles. The molecule has 0 saturated carbocycles. The molecule has 7 heteroatoms. The van der Waals surface area contributed by atoms with Crippen molar-refractivity contribution in [2.75, 3.05) is 18.8 Å². The highest BCUT2D eigenvalue weighted by Gasteiger charge is 2.28. The predicted octanol–water partition coefficient (Wildman–Crippen LogP) is 3.82. The molecular formula is C24H37NO5S. The van der Waals surface area contributed by atoms with Crippen LogP contribution in [0.3, 0.4) is 0 Å². The van der Waals surface area contributed by atoms with Gasteiger partial charge in [0.2, 0.25) is 0 Å². The number of Topliss-reactive ketones (excluding diaryl/α,β-unsaturated/α-hetero) is 1. The molecule has 1 fully saturated rings. The van der Waals surface area contributed by atoms with Gasteiger partial charge in [0.1, 0.15) is 5.78 Å². The molecule has 1 aromatic carbocycles. The van der Waals surface area contributed by atoms with Crippen LogP contribution in [0.5, 0.6) is 0 Å². The molecular weight excluding hydrogens is 414 g/mol. The molecule has 0 spiro atoms. The Bertz CT molecular complexity index is 862. The van der Waals surface area contributed by atoms with E-state index in [4.69, 9.17) is 4.74 Å². The number of rotatable bonds is 9. The zero-order valence-corrected chi connectivity index (χ0v) is 20.3. The molecule has 1 aliphatic rings. The van der Waals surface area contributed by atoms with Crippen molar-refractivity contribution in [2.24, 2.45) is 0 Å². The van der Waals surface area contributed by atoms with Crippen molar-refractivity contribution in [3.05, 3.63) is 35.4 Å². The van der Waals surface area contributed by atoms with Gasteiger partial charge < -0.3 is 9.64 Å². The SMILES string of the molecule is C[C@@H]1CN(C(=O)c2cccc(CC(=O)CCCCCS(=O)(=O)C(C)(C)C)c2)C[C@H](C)O1. The largest absolute Gasteiger partial charge is 0.372 e. The van der Waals surface area contributed by atoms with E-state index in [2.05, 4.69) is 0 Å². The van der Waals surface area contributed by atoms with Gasteiger partial charge >= 0.3 is 0 Å². The van der Waals surface area contributed by atoms with Crippen LogP contribution in [0.15, 0.2) is 24.3 Å². The number of unbranched alkanes of at least 4 members (excludes halogenated alkanes) is 2. The van der Waals surface area contributed by atoms with Gasteiger partial charge in [0, 0.05) is 31.5 Å². The van der Waals surface area contributed by atoms with Crippen LogP contribution >= 0.6 is 0 Å². The fourth-order valence-corrected chi connectivity index (χ4v) is 4.95. The molecule has 1 amide bonds. The zero-order chi connectivity index (χ0) is 23.2. The number of morpholine rings is 1. The first-order valence-corrected chi connectivity index (χ1v) is 12.8. The van der Waals surface area contributed by atoms with Crippen molar-refractivity contribution in [1.82, 2.24) is 4.90 Å². The van der Waals surface area contributed by atoms with Gasteiger partial charge in [0.25, 0.3) is 5.91 Å². The number of benzene rings is 1. The number of sulfone groups is 1. The lowest BCUT2D eigenvalue weighted by Crippen LogP contribution is -2.48. The minimum Gasteiger partial charge on any atom is -0.372 e. The Balaban J connectivity index is 1.82. The van der Waals surface area contributed by atoms with E-state index in [9.17, 15) is 18.0 Å². The second-order valence-corrected chi connectivity index (χ2v) is 12.5. The maximum atomic E-state index is 12.9. The second-order valence-electron chi connectivity index (χ2n) is 9.63. The lowest BCUT2D eigenvalue weighted by atomic mass is 10.0. The summed E-state index contributed by atoms with van der Waals surface area (Å²) in [5.41, 5.74) is 1.43. The molecule has 1 heterocycles. The summed E-state index contributed by atoms with van der Waals surface area (Å²) in [5.74, 6) is 0.237. The number of amides is 1. The first-order valence-electron chi connectivity index (χ1n) is 11.2. The third-order valence-electron chi connectivity index (χ3n) is 5.58. The van der Waals surface area contributed by atoms with Gasteiger partial charge in [-0.05, 0) is 65.2 Å². The smallest absolute Gasteiger partial charge is 0.254 e. The Hall–Kier alpha value is -1.73. The van der Waals surface area contributed by atoms with Gasteiger partial charge in [-0.2, -0.15) is 0 Å². The Labute approximate surface area is 187 Å². The molecule has 1 saturated heterocycles. The van der Waals surface area contributed by atoms with Crippen LogP contribution in [0, 0.1) is 0 Å². The minimum atomic E-state index is -3.10. The van der Waals surface area contributed by atoms with Crippen molar-refractivity contribution in [2.45, 2.75) is 83.7 Å². The van der Waals surface area contributed by atoms with E-state index >= 15 is 0 Å². The van der Waals surface area contributed by atoms with Crippen LogP contribution in [-0.2, 0) is 25.8 Å². The van der Waals surface area contributed by atoms with Crippen LogP contribution in [0.25, 0.3) is 0 Å². The Morgan fingerprint density at radius 1 is 1.06 bits per heavy atom. The molecule has 0 N–H and O–H groups in total. The summed E-state index contributed by atoms with van der Waals surface area (Å²) in [4.78, 5) is 27.0. The first-order chi connectivity index (χ1) is 14.4. The molecule has 2 rings (SSSR count). The van der Waals surface area contributed by atoms with Crippen LogP contribution in [0.1, 0.15) is 76.2 Å². The summed E-state index contributed by atoms with van der Waals surface area (Å²) in [6, 6.07) is 7.29. The number of ketones is 1. The molecule has 0 radical (unpaired) electrons. The average Bonchev–Trinajstić information content (AvgIpc) is 2.65. The summed E-state index contributed by atoms with van der Waals surface area (Å²) in [6.45, 7) is 10.2. The summed E-state index contributed by atoms with van der Waals surface area (Å²) in [5, 5.41) is 0. The molecule has 0 unspecified atom stereocenters. The van der Waals surface area contributed by atoms with Gasteiger partial charge in [-0.3, -0.25) is 9.59 Å². The number of carbonyl (C=O) groups excluding carboxylic acids is 2. The molecule has 6 nitrogen and oxygen atoms in total. The third kappa shape index (κ3) is 7.72. The summed E-state index contributed by atoms with van der Waals surface area (Å²) < 4.78 is 29.2. The van der Waals surface area contributed by atoms with Crippen molar-refractivity contribution in [3.8, 4) is 0 Å². The quantitative estimate of drug-likeness (QED) is 0.533. The van der Waals surface area contributed by atoms with E-state index in [0.717, 1.165) is 5.56 Å². The third-order valence-corrected chi connectivity index (χ3v) is 8.28. The molecule has 1 aromatic rings. The van der Waals surface area contributed by atoms with Crippen molar-refractivity contribution in [1.29, 1.82) is 0 Å². The molecule has 0 aromatic heterocycles. The fourth-order valence-electron chi connectivity index (χ4n) is 3.75. The molecule has 0 bridgehead atoms. The number of ether oxygens (including phenoxy) is 1. The Morgan fingerprint density at radius 2 is 1.71 bits per heavy atom. The maximum absolute atomic E-state index is 12.9. The van der Waals surface area contributed by atoms with Crippen molar-refractivity contribution >= 4 is 21.5 Å². The van der Waals surface area contributed by atoms with Gasteiger partial charge in [0.15, 0.2) is 9.84 Å². The standard InChI is InChI=1S/C24H37NO5S/c1-18-16-25(17-19(2)30-18)23(27)21-11-9-10-20(14-21)15-22(26)12-7-6-8-13-31(28,29)24(3,4)5/h9-11,14,18-19H,6-8,12-13,15-17H2,1-5H3/t18-,19+. The van der Waals surface area contributed by atoms with Crippen LogP contribution < -0.4 is 0 Å². The number of nitrogens with zero attached hydrogens (tertiary/aromatic N) is 1. The Kier molecular flexibility index (Phi) is 8.83. The summed E-state index contributed by atoms with van der Waals surface area (Å²) in [7, 11) is -3.10. The highest BCUT2D eigenvalue weighted by molar-refractivity contribution is 7.92. The van der Waals surface area contributed by atoms with Gasteiger partial charge in [-0.15, -0.1) is 0 Å². The van der Waals surface area contributed by atoms with Crippen molar-refractivity contribution in [3.63, 3.8) is 0 Å². The number of carbonyl (C=O) groups is 2. The molecule has 2 atom stereocenters. The van der Waals surface area contributed by atoms with E-state index in [1.807, 2.05) is 30.9 Å². The number of hydrogen-bond acceptors (Lipinski definition) is 5. The van der Waals surface area contributed by atoms with Gasteiger partial charge in [-0.25, -0.2) is 8.42 Å². The fraction of sp³-hybridized carbons (Fsp3) is 0.667. The van der Waals surface area contributed by atoms with E-state index in [1.165, 1.54) is 0 Å². The molecule has 0 aliphatic carbocycles. The topological polar surface area (TPSA) is 80.8 Å². The second kappa shape index (κ2) is 10.7. The maximum Gasteiger partial charge on any atom is 0.254 e. The Morgan fingerprint density at radius 3 is 2.32 bits per heavy atom. The van der Waals surface area contributed by atoms with E-state index in [1.54, 1.807) is 32.9 Å². The summed E-state index contributed by atoms with van der Waals surface area (Å²) >= 11 is 0. The minimum absolute atomic E-state index is 0.0100. The molecule has 174 valence electrons. The predicted molar refractivity (Wildman–Crippen MR) is 123 cm³/mol. The van der Waals surface area contributed by atoms with E-state index < -0.39 is 14.6 Å². The normalized spacial score (nSPS) is 20.0. The van der Waals surface area contributed by atoms with Gasteiger partial charge in [-0.1, -0.05) is 18.6 Å². The lowest BCUT2D eigenvalue weighted by molar-refractivity contribution is -0.118. The van der Waals surface area contributed by atoms with E-state index in [0.29, 0.717) is 44.3 Å². The number of hydrogen-bond donors (Lipinski definition) is 0. The zero-order valence-electron chi connectivity index (χ0n) is 19.5. The lowest BCUT2D eigenvalue weighted by Gasteiger charge is -2.35. The molecule has 31 heavy (non-hydrogen) atoms.